The Hall–Kier alpha value is -0.750. The van der Waals surface area contributed by atoms with E-state index in [1.807, 2.05) is 19.9 Å². The molecule has 1 saturated carbocycles. The first-order valence-electron chi connectivity index (χ1n) is 7.11. The van der Waals surface area contributed by atoms with Gasteiger partial charge in [-0.1, -0.05) is 29.8 Å². The SMILES string of the molecule is CC(C)NCc1cc(Br)ccc1N(CC(F)(F)F)C1CC1. The minimum Gasteiger partial charge on any atom is -0.359 e. The molecule has 2 rings (SSSR count). The van der Waals surface area contributed by atoms with Crippen LogP contribution in [-0.2, 0) is 6.54 Å². The van der Waals surface area contributed by atoms with Crippen LogP contribution in [0.3, 0.4) is 0 Å². The second-order valence-corrected chi connectivity index (χ2v) is 6.70. The van der Waals surface area contributed by atoms with E-state index in [4.69, 9.17) is 0 Å². The molecule has 1 aliphatic rings. The molecule has 118 valence electrons. The Kier molecular flexibility index (Phi) is 5.20. The second kappa shape index (κ2) is 6.57. The van der Waals surface area contributed by atoms with Crippen molar-refractivity contribution in [2.75, 3.05) is 11.4 Å². The number of hydrogen-bond acceptors (Lipinski definition) is 2. The maximum atomic E-state index is 12.8. The lowest BCUT2D eigenvalue weighted by molar-refractivity contribution is -0.120. The summed E-state index contributed by atoms with van der Waals surface area (Å²) >= 11 is 3.40. The largest absolute Gasteiger partial charge is 0.405 e. The molecular formula is C15H20BrF3N2. The van der Waals surface area contributed by atoms with Crippen LogP contribution in [0.15, 0.2) is 22.7 Å². The van der Waals surface area contributed by atoms with Gasteiger partial charge in [-0.25, -0.2) is 0 Å². The average Bonchev–Trinajstić information content (AvgIpc) is 3.17. The number of nitrogens with zero attached hydrogens (tertiary/aromatic N) is 1. The zero-order valence-electron chi connectivity index (χ0n) is 12.2. The molecule has 1 aromatic rings. The summed E-state index contributed by atoms with van der Waals surface area (Å²) in [4.78, 5) is 1.50. The molecule has 1 N–H and O–H groups in total. The van der Waals surface area contributed by atoms with Gasteiger partial charge in [-0.05, 0) is 36.6 Å². The topological polar surface area (TPSA) is 15.3 Å². The predicted molar refractivity (Wildman–Crippen MR) is 82.5 cm³/mol. The fourth-order valence-electron chi connectivity index (χ4n) is 2.28. The molecule has 6 heteroatoms. The fraction of sp³-hybridized carbons (Fsp3) is 0.600. The maximum Gasteiger partial charge on any atom is 0.405 e. The van der Waals surface area contributed by atoms with E-state index < -0.39 is 12.7 Å². The third-order valence-corrected chi connectivity index (χ3v) is 3.88. The van der Waals surface area contributed by atoms with Gasteiger partial charge in [0.25, 0.3) is 0 Å². The van der Waals surface area contributed by atoms with Crippen molar-refractivity contribution in [3.05, 3.63) is 28.2 Å². The molecule has 21 heavy (non-hydrogen) atoms. The van der Waals surface area contributed by atoms with Crippen molar-refractivity contribution < 1.29 is 13.2 Å². The highest BCUT2D eigenvalue weighted by Gasteiger charge is 2.38. The summed E-state index contributed by atoms with van der Waals surface area (Å²) in [6.07, 6.45) is -2.51. The van der Waals surface area contributed by atoms with E-state index in [2.05, 4.69) is 21.2 Å². The summed E-state index contributed by atoms with van der Waals surface area (Å²) in [5, 5.41) is 3.28. The van der Waals surface area contributed by atoms with E-state index in [1.165, 1.54) is 4.90 Å². The summed E-state index contributed by atoms with van der Waals surface area (Å²) in [5.41, 5.74) is 1.58. The number of benzene rings is 1. The molecule has 1 aromatic carbocycles. The normalized spacial score (nSPS) is 15.6. The Labute approximate surface area is 131 Å². The maximum absolute atomic E-state index is 12.8. The molecule has 0 saturated heterocycles. The van der Waals surface area contributed by atoms with Crippen LogP contribution in [-0.4, -0.2) is 24.8 Å². The Bertz CT molecular complexity index is 484. The first-order valence-corrected chi connectivity index (χ1v) is 7.91. The van der Waals surface area contributed by atoms with E-state index in [0.29, 0.717) is 12.2 Å². The highest BCUT2D eigenvalue weighted by molar-refractivity contribution is 9.10. The predicted octanol–water partition coefficient (Wildman–Crippen LogP) is 4.48. The van der Waals surface area contributed by atoms with Crippen molar-refractivity contribution in [2.24, 2.45) is 0 Å². The van der Waals surface area contributed by atoms with Crippen molar-refractivity contribution in [3.8, 4) is 0 Å². The minimum absolute atomic E-state index is 0.0191. The number of anilines is 1. The van der Waals surface area contributed by atoms with Crippen LogP contribution >= 0.6 is 15.9 Å². The van der Waals surface area contributed by atoms with Crippen LogP contribution in [0, 0.1) is 0 Å². The van der Waals surface area contributed by atoms with Crippen LogP contribution < -0.4 is 10.2 Å². The van der Waals surface area contributed by atoms with Gasteiger partial charge in [0.05, 0.1) is 0 Å². The number of nitrogens with one attached hydrogen (secondary N) is 1. The van der Waals surface area contributed by atoms with Gasteiger partial charge >= 0.3 is 6.18 Å². The van der Waals surface area contributed by atoms with E-state index in [0.717, 1.165) is 22.9 Å². The van der Waals surface area contributed by atoms with Gasteiger partial charge in [0, 0.05) is 28.8 Å². The quantitative estimate of drug-likeness (QED) is 0.800. The lowest BCUT2D eigenvalue weighted by Crippen LogP contribution is -2.37. The van der Waals surface area contributed by atoms with Gasteiger partial charge in [-0.15, -0.1) is 0 Å². The third-order valence-electron chi connectivity index (χ3n) is 3.39. The third kappa shape index (κ3) is 5.18. The Morgan fingerprint density at radius 1 is 1.33 bits per heavy atom. The zero-order valence-corrected chi connectivity index (χ0v) is 13.8. The molecule has 0 bridgehead atoms. The summed E-state index contributed by atoms with van der Waals surface area (Å²) in [6, 6.07) is 5.79. The highest BCUT2D eigenvalue weighted by atomic mass is 79.9. The fourth-order valence-corrected chi connectivity index (χ4v) is 2.69. The molecule has 2 nitrogen and oxygen atoms in total. The lowest BCUT2D eigenvalue weighted by Gasteiger charge is -2.28. The first-order chi connectivity index (χ1) is 9.76. The van der Waals surface area contributed by atoms with Gasteiger partial charge in [-0.3, -0.25) is 0 Å². The van der Waals surface area contributed by atoms with Crippen molar-refractivity contribution >= 4 is 21.6 Å². The lowest BCUT2D eigenvalue weighted by atomic mass is 10.1. The van der Waals surface area contributed by atoms with E-state index in [1.54, 1.807) is 12.1 Å². The number of halogens is 4. The van der Waals surface area contributed by atoms with Gasteiger partial charge in [0.1, 0.15) is 6.54 Å². The van der Waals surface area contributed by atoms with E-state index >= 15 is 0 Å². The van der Waals surface area contributed by atoms with Crippen LogP contribution in [0.1, 0.15) is 32.3 Å². The first kappa shape index (κ1) is 16.6. The zero-order chi connectivity index (χ0) is 15.6. The van der Waals surface area contributed by atoms with Gasteiger partial charge in [-0.2, -0.15) is 13.2 Å². The molecule has 0 unspecified atom stereocenters. The average molecular weight is 365 g/mol. The summed E-state index contributed by atoms with van der Waals surface area (Å²) in [7, 11) is 0. The highest BCUT2D eigenvalue weighted by Crippen LogP contribution is 2.37. The second-order valence-electron chi connectivity index (χ2n) is 5.78. The molecular weight excluding hydrogens is 345 g/mol. The van der Waals surface area contributed by atoms with E-state index in [-0.39, 0.29) is 12.1 Å². The molecule has 0 aliphatic heterocycles. The number of alkyl halides is 3. The van der Waals surface area contributed by atoms with Crippen molar-refractivity contribution in [1.82, 2.24) is 5.32 Å². The van der Waals surface area contributed by atoms with Crippen LogP contribution in [0.5, 0.6) is 0 Å². The Morgan fingerprint density at radius 3 is 2.52 bits per heavy atom. The molecule has 0 heterocycles. The molecule has 0 amide bonds. The molecule has 0 aromatic heterocycles. The Balaban J connectivity index is 2.26. The van der Waals surface area contributed by atoms with Crippen molar-refractivity contribution in [3.63, 3.8) is 0 Å². The van der Waals surface area contributed by atoms with Crippen molar-refractivity contribution in [1.29, 1.82) is 0 Å². The number of rotatable bonds is 6. The van der Waals surface area contributed by atoms with E-state index in [9.17, 15) is 13.2 Å². The smallest absolute Gasteiger partial charge is 0.359 e. The number of hydrogen-bond donors (Lipinski definition) is 1. The summed E-state index contributed by atoms with van der Waals surface area (Å²) in [5.74, 6) is 0. The molecule has 1 fully saturated rings. The Morgan fingerprint density at radius 2 is 2.00 bits per heavy atom. The summed E-state index contributed by atoms with van der Waals surface area (Å²) < 4.78 is 39.4. The molecule has 1 aliphatic carbocycles. The standard InChI is InChI=1S/C15H20BrF3N2/c1-10(2)20-8-11-7-12(16)3-6-14(11)21(13-4-5-13)9-15(17,18)19/h3,6-7,10,13,20H,4-5,8-9H2,1-2H3. The van der Waals surface area contributed by atoms with Gasteiger partial charge in [0.2, 0.25) is 0 Å². The monoisotopic (exact) mass is 364 g/mol. The van der Waals surface area contributed by atoms with Crippen molar-refractivity contribution in [2.45, 2.75) is 51.5 Å². The molecule has 0 atom stereocenters. The molecule has 0 radical (unpaired) electrons. The van der Waals surface area contributed by atoms with Gasteiger partial charge in [0.15, 0.2) is 0 Å². The van der Waals surface area contributed by atoms with Crippen LogP contribution in [0.2, 0.25) is 0 Å². The summed E-state index contributed by atoms with van der Waals surface area (Å²) in [6.45, 7) is 3.72. The molecule has 0 spiro atoms. The van der Waals surface area contributed by atoms with Crippen LogP contribution in [0.4, 0.5) is 18.9 Å². The minimum atomic E-state index is -4.18. The van der Waals surface area contributed by atoms with Gasteiger partial charge < -0.3 is 10.2 Å². The van der Waals surface area contributed by atoms with Crippen LogP contribution in [0.25, 0.3) is 0 Å².